The summed E-state index contributed by atoms with van der Waals surface area (Å²) < 4.78 is 0.0299. The zero-order valence-electron chi connectivity index (χ0n) is 12.7. The molecular formula is C19H27Br. The lowest BCUT2D eigenvalue weighted by Gasteiger charge is -2.29. The molecule has 0 saturated carbocycles. The van der Waals surface area contributed by atoms with Gasteiger partial charge < -0.3 is 0 Å². The van der Waals surface area contributed by atoms with Gasteiger partial charge in [-0.1, -0.05) is 85.0 Å². The van der Waals surface area contributed by atoms with Crippen LogP contribution < -0.4 is 0 Å². The fourth-order valence-electron chi connectivity index (χ4n) is 2.70. The first-order valence-corrected chi connectivity index (χ1v) is 8.46. The molecule has 0 bridgehead atoms. The van der Waals surface area contributed by atoms with Crippen molar-refractivity contribution in [1.82, 2.24) is 0 Å². The summed E-state index contributed by atoms with van der Waals surface area (Å²) in [5.74, 6) is 0. The monoisotopic (exact) mass is 334 g/mol. The number of alkyl halides is 1. The van der Waals surface area contributed by atoms with Gasteiger partial charge in [-0.3, -0.25) is 0 Å². The first-order valence-electron chi connectivity index (χ1n) is 7.67. The van der Waals surface area contributed by atoms with Crippen LogP contribution in [0.1, 0.15) is 56.6 Å². The van der Waals surface area contributed by atoms with Crippen LogP contribution >= 0.6 is 15.9 Å². The maximum atomic E-state index is 4.02. The number of hydrogen-bond donors (Lipinski definition) is 0. The van der Waals surface area contributed by atoms with E-state index >= 15 is 0 Å². The van der Waals surface area contributed by atoms with E-state index in [0.29, 0.717) is 0 Å². The van der Waals surface area contributed by atoms with Crippen molar-refractivity contribution in [3.05, 3.63) is 60.7 Å². The third-order valence-corrected chi connectivity index (χ3v) is 4.91. The Balaban J connectivity index is 2.92. The minimum Gasteiger partial charge on any atom is -0.103 e. The smallest absolute Gasteiger partial charge is 0.0542 e. The zero-order chi connectivity index (χ0) is 14.8. The Morgan fingerprint density at radius 2 is 1.85 bits per heavy atom. The number of unbranched alkanes of at least 4 members (excludes halogenated alkanes) is 3. The SMILES string of the molecule is C=CCc1ccccc1C(Br)(CC=C)CCCCCC. The molecule has 1 rings (SSSR count). The molecule has 1 unspecified atom stereocenters. The van der Waals surface area contributed by atoms with Crippen molar-refractivity contribution in [1.29, 1.82) is 0 Å². The second kappa shape index (κ2) is 9.18. The van der Waals surface area contributed by atoms with Crippen LogP contribution in [-0.2, 0) is 10.7 Å². The van der Waals surface area contributed by atoms with Gasteiger partial charge in [-0.15, -0.1) is 13.2 Å². The Morgan fingerprint density at radius 1 is 1.10 bits per heavy atom. The molecule has 0 N–H and O–H groups in total. The van der Waals surface area contributed by atoms with Crippen LogP contribution in [-0.4, -0.2) is 0 Å². The maximum Gasteiger partial charge on any atom is 0.0542 e. The number of benzene rings is 1. The molecule has 1 aromatic carbocycles. The van der Waals surface area contributed by atoms with Gasteiger partial charge in [0, 0.05) is 0 Å². The second-order valence-electron chi connectivity index (χ2n) is 5.42. The van der Waals surface area contributed by atoms with Crippen LogP contribution in [0.15, 0.2) is 49.6 Å². The summed E-state index contributed by atoms with van der Waals surface area (Å²) in [6.07, 6.45) is 12.2. The van der Waals surface area contributed by atoms with Gasteiger partial charge >= 0.3 is 0 Å². The summed E-state index contributed by atoms with van der Waals surface area (Å²) in [6.45, 7) is 10.1. The van der Waals surface area contributed by atoms with Crippen molar-refractivity contribution >= 4 is 15.9 Å². The van der Waals surface area contributed by atoms with Gasteiger partial charge in [-0.05, 0) is 30.4 Å². The summed E-state index contributed by atoms with van der Waals surface area (Å²) in [6, 6.07) is 8.70. The van der Waals surface area contributed by atoms with E-state index in [0.717, 1.165) is 19.3 Å². The highest BCUT2D eigenvalue weighted by Crippen LogP contribution is 2.42. The van der Waals surface area contributed by atoms with E-state index in [9.17, 15) is 0 Å². The standard InChI is InChI=1S/C19H27Br/c1-4-7-8-11-16-19(20,15-6-3)18-14-10-9-13-17(18)12-5-2/h5-6,9-10,13-14H,2-4,7-8,11-12,15-16H2,1H3. The lowest BCUT2D eigenvalue weighted by atomic mass is 9.86. The Kier molecular flexibility index (Phi) is 7.91. The van der Waals surface area contributed by atoms with Gasteiger partial charge in [0.1, 0.15) is 0 Å². The number of rotatable bonds is 10. The Hall–Kier alpha value is -0.820. The van der Waals surface area contributed by atoms with Crippen LogP contribution in [0.4, 0.5) is 0 Å². The third kappa shape index (κ3) is 4.94. The fourth-order valence-corrected chi connectivity index (χ4v) is 3.59. The van der Waals surface area contributed by atoms with E-state index in [1.165, 1.54) is 36.8 Å². The quantitative estimate of drug-likeness (QED) is 0.258. The largest absolute Gasteiger partial charge is 0.103 e. The zero-order valence-corrected chi connectivity index (χ0v) is 14.3. The third-order valence-electron chi connectivity index (χ3n) is 3.76. The fraction of sp³-hybridized carbons (Fsp3) is 0.474. The minimum atomic E-state index is 0.0299. The molecule has 20 heavy (non-hydrogen) atoms. The van der Waals surface area contributed by atoms with Crippen molar-refractivity contribution in [3.8, 4) is 0 Å². The summed E-state index contributed by atoms with van der Waals surface area (Å²) in [7, 11) is 0. The van der Waals surface area contributed by atoms with Crippen molar-refractivity contribution < 1.29 is 0 Å². The van der Waals surface area contributed by atoms with E-state index in [4.69, 9.17) is 0 Å². The van der Waals surface area contributed by atoms with Gasteiger partial charge in [-0.2, -0.15) is 0 Å². The molecular weight excluding hydrogens is 308 g/mol. The second-order valence-corrected chi connectivity index (χ2v) is 6.94. The highest BCUT2D eigenvalue weighted by Gasteiger charge is 2.28. The lowest BCUT2D eigenvalue weighted by molar-refractivity contribution is 0.525. The summed E-state index contributed by atoms with van der Waals surface area (Å²) >= 11 is 4.02. The molecule has 0 heterocycles. The highest BCUT2D eigenvalue weighted by atomic mass is 79.9. The molecule has 0 aliphatic carbocycles. The maximum absolute atomic E-state index is 4.02. The molecule has 0 aliphatic rings. The Morgan fingerprint density at radius 3 is 2.50 bits per heavy atom. The molecule has 0 aliphatic heterocycles. The van der Waals surface area contributed by atoms with Gasteiger partial charge in [0.05, 0.1) is 4.32 Å². The number of hydrogen-bond acceptors (Lipinski definition) is 0. The lowest BCUT2D eigenvalue weighted by Crippen LogP contribution is -2.19. The van der Waals surface area contributed by atoms with Gasteiger partial charge in [0.2, 0.25) is 0 Å². The van der Waals surface area contributed by atoms with Crippen LogP contribution in [0.2, 0.25) is 0 Å². The first-order chi connectivity index (χ1) is 9.68. The van der Waals surface area contributed by atoms with Crippen LogP contribution in [0, 0.1) is 0 Å². The molecule has 0 aromatic heterocycles. The molecule has 0 spiro atoms. The van der Waals surface area contributed by atoms with Crippen molar-refractivity contribution in [2.45, 2.75) is 56.2 Å². The molecule has 110 valence electrons. The average Bonchev–Trinajstić information content (AvgIpc) is 2.45. The van der Waals surface area contributed by atoms with E-state index in [1.54, 1.807) is 0 Å². The van der Waals surface area contributed by atoms with Crippen molar-refractivity contribution in [2.24, 2.45) is 0 Å². The summed E-state index contributed by atoms with van der Waals surface area (Å²) in [4.78, 5) is 0. The molecule has 0 radical (unpaired) electrons. The molecule has 1 atom stereocenters. The van der Waals surface area contributed by atoms with Gasteiger partial charge in [0.15, 0.2) is 0 Å². The number of allylic oxidation sites excluding steroid dienone is 2. The number of halogens is 1. The van der Waals surface area contributed by atoms with E-state index in [2.05, 4.69) is 60.3 Å². The molecule has 0 fully saturated rings. The Bertz CT molecular complexity index is 422. The van der Waals surface area contributed by atoms with E-state index in [-0.39, 0.29) is 4.32 Å². The first kappa shape index (κ1) is 17.2. The van der Waals surface area contributed by atoms with Gasteiger partial charge in [0.25, 0.3) is 0 Å². The van der Waals surface area contributed by atoms with Crippen LogP contribution in [0.5, 0.6) is 0 Å². The molecule has 0 amide bonds. The highest BCUT2D eigenvalue weighted by molar-refractivity contribution is 9.09. The predicted octanol–water partition coefficient (Wildman–Crippen LogP) is 6.55. The molecule has 1 heteroatoms. The van der Waals surface area contributed by atoms with Gasteiger partial charge in [-0.25, -0.2) is 0 Å². The van der Waals surface area contributed by atoms with Crippen molar-refractivity contribution in [2.75, 3.05) is 0 Å². The van der Waals surface area contributed by atoms with E-state index < -0.39 is 0 Å². The predicted molar refractivity (Wildman–Crippen MR) is 94.5 cm³/mol. The normalized spacial score (nSPS) is 13.7. The average molecular weight is 335 g/mol. The van der Waals surface area contributed by atoms with Crippen molar-refractivity contribution in [3.63, 3.8) is 0 Å². The van der Waals surface area contributed by atoms with E-state index in [1.807, 2.05) is 12.2 Å². The minimum absolute atomic E-state index is 0.0299. The van der Waals surface area contributed by atoms with Crippen LogP contribution in [0.25, 0.3) is 0 Å². The molecule has 0 nitrogen and oxygen atoms in total. The molecule has 0 saturated heterocycles. The summed E-state index contributed by atoms with van der Waals surface area (Å²) in [5.41, 5.74) is 2.77. The summed E-state index contributed by atoms with van der Waals surface area (Å²) in [5, 5.41) is 0. The molecule has 1 aromatic rings. The topological polar surface area (TPSA) is 0 Å². The van der Waals surface area contributed by atoms with Crippen LogP contribution in [0.3, 0.4) is 0 Å². The Labute approximate surface area is 133 Å².